The maximum Gasteiger partial charge on any atom is 0.313 e. The highest BCUT2D eigenvalue weighted by Gasteiger charge is 2.40. The van der Waals surface area contributed by atoms with Crippen LogP contribution < -0.4 is 10.6 Å². The Balaban J connectivity index is 1.80. The van der Waals surface area contributed by atoms with E-state index in [1.54, 1.807) is 24.0 Å². The van der Waals surface area contributed by atoms with Gasteiger partial charge in [0.2, 0.25) is 5.91 Å². The number of ketones is 1. The van der Waals surface area contributed by atoms with Crippen molar-refractivity contribution in [1.82, 2.24) is 10.2 Å². The third-order valence-electron chi connectivity index (χ3n) is 6.64. The molecule has 1 fully saturated rings. The van der Waals surface area contributed by atoms with Crippen LogP contribution in [0, 0.1) is 10.1 Å². The summed E-state index contributed by atoms with van der Waals surface area (Å²) < 4.78 is 4.52. The molecule has 10 nitrogen and oxygen atoms in total. The van der Waals surface area contributed by atoms with Gasteiger partial charge in [-0.05, 0) is 43.4 Å². The first kappa shape index (κ1) is 27.8. The van der Waals surface area contributed by atoms with E-state index in [1.807, 2.05) is 30.3 Å². The smallest absolute Gasteiger partial charge is 0.313 e. The molecule has 10 heteroatoms. The molecule has 0 saturated carbocycles. The number of hydrogen-bond donors (Lipinski definition) is 2. The van der Waals surface area contributed by atoms with Crippen LogP contribution in [0.25, 0.3) is 0 Å². The SMILES string of the molecule is COC(=O)CC(=O)CNCC(C)(C(=O)N1CCCC1)c1ccc(NCCc2ccccc2)c([N+](=O)[O-])c1. The molecule has 0 radical (unpaired) electrons. The Bertz CT molecular complexity index is 1120. The van der Waals surface area contributed by atoms with E-state index in [2.05, 4.69) is 15.4 Å². The molecule has 1 atom stereocenters. The summed E-state index contributed by atoms with van der Waals surface area (Å²) in [5.74, 6) is -1.16. The van der Waals surface area contributed by atoms with Gasteiger partial charge < -0.3 is 20.3 Å². The molecule has 2 aromatic rings. The Labute approximate surface area is 216 Å². The zero-order chi connectivity index (χ0) is 26.8. The predicted octanol–water partition coefficient (Wildman–Crippen LogP) is 2.85. The second kappa shape index (κ2) is 13.0. The molecule has 0 bridgehead atoms. The van der Waals surface area contributed by atoms with Gasteiger partial charge in [-0.1, -0.05) is 36.4 Å². The van der Waals surface area contributed by atoms with E-state index in [0.717, 1.165) is 18.4 Å². The second-order valence-corrected chi connectivity index (χ2v) is 9.38. The molecule has 0 aromatic heterocycles. The maximum atomic E-state index is 13.6. The van der Waals surface area contributed by atoms with E-state index >= 15 is 0 Å². The minimum Gasteiger partial charge on any atom is -0.469 e. The average Bonchev–Trinajstić information content (AvgIpc) is 3.43. The number of carbonyl (C=O) groups is 3. The number of anilines is 1. The van der Waals surface area contributed by atoms with Crippen LogP contribution in [0.3, 0.4) is 0 Å². The zero-order valence-corrected chi connectivity index (χ0v) is 21.3. The minimum atomic E-state index is -1.15. The molecule has 3 rings (SSSR count). The van der Waals surface area contributed by atoms with Crippen LogP contribution in [-0.2, 0) is 31.0 Å². The second-order valence-electron chi connectivity index (χ2n) is 9.38. The fourth-order valence-corrected chi connectivity index (χ4v) is 4.48. The standard InChI is InChI=1S/C27H34N4O6/c1-27(26(34)30-14-6-7-15-30,19-28-18-22(32)17-25(33)37-2)21-10-11-23(24(16-21)31(35)36)29-13-12-20-8-4-3-5-9-20/h3-5,8-11,16,28-29H,6-7,12-15,17-19H2,1-2H3. The lowest BCUT2D eigenvalue weighted by atomic mass is 9.80. The summed E-state index contributed by atoms with van der Waals surface area (Å²) in [6.07, 6.45) is 2.14. The Morgan fingerprint density at radius 1 is 1.11 bits per heavy atom. The van der Waals surface area contributed by atoms with Gasteiger partial charge in [0, 0.05) is 32.2 Å². The molecule has 37 heavy (non-hydrogen) atoms. The first-order valence-corrected chi connectivity index (χ1v) is 12.4. The van der Waals surface area contributed by atoms with E-state index in [1.165, 1.54) is 13.2 Å². The summed E-state index contributed by atoms with van der Waals surface area (Å²) >= 11 is 0. The molecule has 1 saturated heterocycles. The fraction of sp³-hybridized carbons (Fsp3) is 0.444. The van der Waals surface area contributed by atoms with Crippen molar-refractivity contribution in [2.45, 2.75) is 38.0 Å². The van der Waals surface area contributed by atoms with E-state index in [4.69, 9.17) is 0 Å². The van der Waals surface area contributed by atoms with Crippen LogP contribution in [0.4, 0.5) is 11.4 Å². The van der Waals surface area contributed by atoms with Crippen molar-refractivity contribution in [3.05, 3.63) is 69.8 Å². The Hall–Kier alpha value is -3.79. The number of hydrogen-bond acceptors (Lipinski definition) is 8. The van der Waals surface area contributed by atoms with Crippen LogP contribution in [0.5, 0.6) is 0 Å². The molecule has 198 valence electrons. The van der Waals surface area contributed by atoms with Gasteiger partial charge in [0.15, 0.2) is 5.78 Å². The van der Waals surface area contributed by atoms with Gasteiger partial charge in [-0.25, -0.2) is 0 Å². The lowest BCUT2D eigenvalue weighted by molar-refractivity contribution is -0.384. The molecule has 1 aliphatic rings. The summed E-state index contributed by atoms with van der Waals surface area (Å²) in [5.41, 5.74) is 0.710. The van der Waals surface area contributed by atoms with Crippen molar-refractivity contribution in [2.24, 2.45) is 0 Å². The molecule has 0 aliphatic carbocycles. The Kier molecular flexibility index (Phi) is 9.73. The summed E-state index contributed by atoms with van der Waals surface area (Å²) in [6, 6.07) is 14.6. The van der Waals surface area contributed by atoms with Crippen LogP contribution in [-0.4, -0.2) is 67.3 Å². The van der Waals surface area contributed by atoms with Gasteiger partial charge >= 0.3 is 5.97 Å². The number of nitro groups is 1. The molecular formula is C27H34N4O6. The molecule has 1 heterocycles. The van der Waals surface area contributed by atoms with E-state index < -0.39 is 16.3 Å². The minimum absolute atomic E-state index is 0.0766. The van der Waals surface area contributed by atoms with Crippen molar-refractivity contribution in [3.8, 4) is 0 Å². The lowest BCUT2D eigenvalue weighted by Gasteiger charge is -2.33. The third kappa shape index (κ3) is 7.36. The van der Waals surface area contributed by atoms with Gasteiger partial charge in [-0.15, -0.1) is 0 Å². The van der Waals surface area contributed by atoms with E-state index in [-0.39, 0.29) is 36.9 Å². The first-order chi connectivity index (χ1) is 17.7. The lowest BCUT2D eigenvalue weighted by Crippen LogP contribution is -2.50. The number of benzene rings is 2. The number of ether oxygens (including phenoxy) is 1. The van der Waals surface area contributed by atoms with Gasteiger partial charge in [0.05, 0.1) is 24.0 Å². The monoisotopic (exact) mass is 510 g/mol. The average molecular weight is 511 g/mol. The molecule has 1 aliphatic heterocycles. The van der Waals surface area contributed by atoms with Gasteiger partial charge in [-0.3, -0.25) is 24.5 Å². The number of likely N-dealkylation sites (tertiary alicyclic amines) is 1. The van der Waals surface area contributed by atoms with Crippen molar-refractivity contribution < 1.29 is 24.0 Å². The van der Waals surface area contributed by atoms with Crippen LogP contribution in [0.1, 0.15) is 37.3 Å². The van der Waals surface area contributed by atoms with E-state index in [9.17, 15) is 24.5 Å². The number of nitrogens with one attached hydrogen (secondary N) is 2. The van der Waals surface area contributed by atoms with Crippen molar-refractivity contribution in [2.75, 3.05) is 45.2 Å². The number of esters is 1. The molecular weight excluding hydrogens is 476 g/mol. The summed E-state index contributed by atoms with van der Waals surface area (Å²) in [5, 5.41) is 18.1. The number of nitro benzene ring substituents is 1. The van der Waals surface area contributed by atoms with Crippen molar-refractivity contribution in [3.63, 3.8) is 0 Å². The number of Topliss-reactive ketones (excluding diaryl/α,β-unsaturated/α-hetero) is 1. The largest absolute Gasteiger partial charge is 0.469 e. The quantitative estimate of drug-likeness (QED) is 0.182. The van der Waals surface area contributed by atoms with E-state index in [0.29, 0.717) is 37.3 Å². The molecule has 1 unspecified atom stereocenters. The van der Waals surface area contributed by atoms with Crippen LogP contribution >= 0.6 is 0 Å². The molecule has 2 N–H and O–H groups in total. The molecule has 2 aromatic carbocycles. The highest BCUT2D eigenvalue weighted by Crippen LogP contribution is 2.34. The fourth-order valence-electron chi connectivity index (χ4n) is 4.48. The Morgan fingerprint density at radius 2 is 1.81 bits per heavy atom. The number of rotatable bonds is 13. The summed E-state index contributed by atoms with van der Waals surface area (Å²) in [4.78, 5) is 50.3. The highest BCUT2D eigenvalue weighted by atomic mass is 16.6. The number of amides is 1. The number of methoxy groups -OCH3 is 1. The Morgan fingerprint density at radius 3 is 2.46 bits per heavy atom. The predicted molar refractivity (Wildman–Crippen MR) is 139 cm³/mol. The normalized spacial score (nSPS) is 14.6. The number of nitrogens with zero attached hydrogens (tertiary/aromatic N) is 2. The van der Waals surface area contributed by atoms with Gasteiger partial charge in [-0.2, -0.15) is 0 Å². The zero-order valence-electron chi connectivity index (χ0n) is 21.3. The molecule has 1 amide bonds. The highest BCUT2D eigenvalue weighted by molar-refractivity contribution is 5.96. The van der Waals surface area contributed by atoms with Crippen molar-refractivity contribution >= 4 is 29.0 Å². The molecule has 0 spiro atoms. The van der Waals surface area contributed by atoms with Gasteiger partial charge in [0.25, 0.3) is 5.69 Å². The summed E-state index contributed by atoms with van der Waals surface area (Å²) in [6.45, 7) is 3.44. The maximum absolute atomic E-state index is 13.6. The topological polar surface area (TPSA) is 131 Å². The van der Waals surface area contributed by atoms with Crippen molar-refractivity contribution in [1.29, 1.82) is 0 Å². The third-order valence-corrected chi connectivity index (χ3v) is 6.64. The number of carbonyl (C=O) groups excluding carboxylic acids is 3. The first-order valence-electron chi connectivity index (χ1n) is 12.4. The van der Waals surface area contributed by atoms with Gasteiger partial charge in [0.1, 0.15) is 12.1 Å². The van der Waals surface area contributed by atoms with Crippen LogP contribution in [0.2, 0.25) is 0 Å². The van der Waals surface area contributed by atoms with Crippen LogP contribution in [0.15, 0.2) is 48.5 Å². The summed E-state index contributed by atoms with van der Waals surface area (Å²) in [7, 11) is 1.21.